The first-order valence-electron chi connectivity index (χ1n) is 6.18. The average Bonchev–Trinajstić information content (AvgIpc) is 2.48. The van der Waals surface area contributed by atoms with E-state index in [4.69, 9.17) is 15.2 Å². The highest BCUT2D eigenvalue weighted by Crippen LogP contribution is 2.21. The lowest BCUT2D eigenvalue weighted by molar-refractivity contribution is 0.217. The lowest BCUT2D eigenvalue weighted by Crippen LogP contribution is -2.09. The first kappa shape index (κ1) is 14.8. The topological polar surface area (TPSA) is 44.5 Å². The van der Waals surface area contributed by atoms with Crippen LogP contribution in [0, 0.1) is 5.82 Å². The summed E-state index contributed by atoms with van der Waals surface area (Å²) in [5.74, 6) is 1.06. The molecular weight excluding hydrogens is 325 g/mol. The van der Waals surface area contributed by atoms with E-state index in [0.29, 0.717) is 30.0 Å². The molecule has 0 amide bonds. The zero-order valence-electron chi connectivity index (χ0n) is 10.8. The van der Waals surface area contributed by atoms with Crippen molar-refractivity contribution in [1.29, 1.82) is 0 Å². The van der Waals surface area contributed by atoms with Crippen LogP contribution in [0.2, 0.25) is 0 Å². The molecule has 0 atom stereocenters. The van der Waals surface area contributed by atoms with Gasteiger partial charge in [0.15, 0.2) is 0 Å². The molecule has 0 unspecified atom stereocenters. The van der Waals surface area contributed by atoms with E-state index < -0.39 is 0 Å². The maximum absolute atomic E-state index is 13.0. The van der Waals surface area contributed by atoms with Crippen molar-refractivity contribution in [2.75, 3.05) is 13.2 Å². The molecule has 2 aromatic rings. The summed E-state index contributed by atoms with van der Waals surface area (Å²) in [4.78, 5) is 0. The standard InChI is InChI=1S/C15H15BrFNO2/c16-14-9-13(5-6-15(14)17)20-8-7-19-12-3-1-11(10-18)2-4-12/h1-6,9H,7-8,10,18H2. The molecule has 0 saturated heterocycles. The van der Waals surface area contributed by atoms with Gasteiger partial charge in [-0.15, -0.1) is 0 Å². The molecule has 3 nitrogen and oxygen atoms in total. The summed E-state index contributed by atoms with van der Waals surface area (Å²) in [6, 6.07) is 12.1. The first-order valence-corrected chi connectivity index (χ1v) is 6.98. The number of hydrogen-bond donors (Lipinski definition) is 1. The van der Waals surface area contributed by atoms with Gasteiger partial charge in [-0.25, -0.2) is 4.39 Å². The normalized spacial score (nSPS) is 10.3. The zero-order valence-corrected chi connectivity index (χ0v) is 12.4. The van der Waals surface area contributed by atoms with Crippen LogP contribution < -0.4 is 15.2 Å². The molecule has 0 fully saturated rings. The van der Waals surface area contributed by atoms with Crippen LogP contribution in [0.3, 0.4) is 0 Å². The number of rotatable bonds is 6. The SMILES string of the molecule is NCc1ccc(OCCOc2ccc(F)c(Br)c2)cc1. The third-order valence-electron chi connectivity index (χ3n) is 2.67. The predicted octanol–water partition coefficient (Wildman–Crippen LogP) is 3.50. The van der Waals surface area contributed by atoms with Gasteiger partial charge in [0, 0.05) is 6.54 Å². The van der Waals surface area contributed by atoms with E-state index in [1.165, 1.54) is 6.07 Å². The molecule has 5 heteroatoms. The third-order valence-corrected chi connectivity index (χ3v) is 3.28. The lowest BCUT2D eigenvalue weighted by atomic mass is 10.2. The number of ether oxygens (including phenoxy) is 2. The van der Waals surface area contributed by atoms with E-state index >= 15 is 0 Å². The van der Waals surface area contributed by atoms with E-state index in [0.717, 1.165) is 11.3 Å². The minimum atomic E-state index is -0.311. The van der Waals surface area contributed by atoms with Crippen molar-refractivity contribution in [2.45, 2.75) is 6.54 Å². The van der Waals surface area contributed by atoms with Gasteiger partial charge in [0.2, 0.25) is 0 Å². The van der Waals surface area contributed by atoms with Gasteiger partial charge in [-0.2, -0.15) is 0 Å². The summed E-state index contributed by atoms with van der Waals surface area (Å²) in [6.07, 6.45) is 0. The summed E-state index contributed by atoms with van der Waals surface area (Å²) >= 11 is 3.11. The molecule has 0 saturated carbocycles. The molecule has 20 heavy (non-hydrogen) atoms. The van der Waals surface area contributed by atoms with Crippen LogP contribution in [0.15, 0.2) is 46.9 Å². The average molecular weight is 340 g/mol. The molecule has 0 aromatic heterocycles. The third kappa shape index (κ3) is 4.21. The number of benzene rings is 2. The Morgan fingerprint density at radius 2 is 1.55 bits per heavy atom. The van der Waals surface area contributed by atoms with Gasteiger partial charge in [-0.05, 0) is 51.8 Å². The van der Waals surface area contributed by atoms with Crippen molar-refractivity contribution in [3.05, 3.63) is 58.3 Å². The van der Waals surface area contributed by atoms with E-state index in [1.54, 1.807) is 12.1 Å². The zero-order chi connectivity index (χ0) is 14.4. The summed E-state index contributed by atoms with van der Waals surface area (Å²) in [5.41, 5.74) is 6.58. The Bertz CT molecular complexity index is 560. The van der Waals surface area contributed by atoms with Crippen LogP contribution in [0.5, 0.6) is 11.5 Å². The highest BCUT2D eigenvalue weighted by atomic mass is 79.9. The van der Waals surface area contributed by atoms with Gasteiger partial charge >= 0.3 is 0 Å². The number of nitrogens with two attached hydrogens (primary N) is 1. The van der Waals surface area contributed by atoms with Crippen LogP contribution >= 0.6 is 15.9 Å². The Kier molecular flexibility index (Phi) is 5.38. The fourth-order valence-corrected chi connectivity index (χ4v) is 1.97. The molecular formula is C15H15BrFNO2. The molecule has 2 aromatic carbocycles. The molecule has 0 radical (unpaired) electrons. The van der Waals surface area contributed by atoms with Crippen LogP contribution in [-0.4, -0.2) is 13.2 Å². The second-order valence-electron chi connectivity index (χ2n) is 4.12. The highest BCUT2D eigenvalue weighted by Gasteiger charge is 2.01. The maximum atomic E-state index is 13.0. The summed E-state index contributed by atoms with van der Waals surface area (Å²) in [7, 11) is 0. The van der Waals surface area contributed by atoms with Crippen LogP contribution in [-0.2, 0) is 6.54 Å². The fourth-order valence-electron chi connectivity index (χ4n) is 1.61. The van der Waals surface area contributed by atoms with Crippen molar-refractivity contribution in [3.8, 4) is 11.5 Å². The maximum Gasteiger partial charge on any atom is 0.137 e. The number of hydrogen-bond acceptors (Lipinski definition) is 3. The fraction of sp³-hybridized carbons (Fsp3) is 0.200. The second kappa shape index (κ2) is 7.26. The van der Waals surface area contributed by atoms with Gasteiger partial charge in [0.1, 0.15) is 30.5 Å². The van der Waals surface area contributed by atoms with E-state index in [9.17, 15) is 4.39 Å². The molecule has 0 bridgehead atoms. The van der Waals surface area contributed by atoms with Crippen molar-refractivity contribution < 1.29 is 13.9 Å². The van der Waals surface area contributed by atoms with Crippen LogP contribution in [0.25, 0.3) is 0 Å². The monoisotopic (exact) mass is 339 g/mol. The largest absolute Gasteiger partial charge is 0.490 e. The Morgan fingerprint density at radius 3 is 2.15 bits per heavy atom. The molecule has 0 aliphatic heterocycles. The van der Waals surface area contributed by atoms with Gasteiger partial charge < -0.3 is 15.2 Å². The molecule has 0 aliphatic rings. The molecule has 2 N–H and O–H groups in total. The molecule has 0 heterocycles. The minimum Gasteiger partial charge on any atom is -0.490 e. The van der Waals surface area contributed by atoms with Crippen molar-refractivity contribution in [1.82, 2.24) is 0 Å². The lowest BCUT2D eigenvalue weighted by Gasteiger charge is -2.09. The summed E-state index contributed by atoms with van der Waals surface area (Å²) in [6.45, 7) is 1.32. The predicted molar refractivity (Wildman–Crippen MR) is 79.4 cm³/mol. The molecule has 2 rings (SSSR count). The van der Waals surface area contributed by atoms with E-state index in [2.05, 4.69) is 15.9 Å². The van der Waals surface area contributed by atoms with Crippen molar-refractivity contribution in [2.24, 2.45) is 5.73 Å². The minimum absolute atomic E-state index is 0.311. The Labute approximate surface area is 125 Å². The Balaban J connectivity index is 1.76. The van der Waals surface area contributed by atoms with E-state index in [-0.39, 0.29) is 5.82 Å². The molecule has 106 valence electrons. The van der Waals surface area contributed by atoms with Gasteiger partial charge in [-0.3, -0.25) is 0 Å². The second-order valence-corrected chi connectivity index (χ2v) is 4.98. The van der Waals surface area contributed by atoms with E-state index in [1.807, 2.05) is 24.3 Å². The number of halogens is 2. The van der Waals surface area contributed by atoms with Gasteiger partial charge in [-0.1, -0.05) is 12.1 Å². The molecule has 0 aliphatic carbocycles. The summed E-state index contributed by atoms with van der Waals surface area (Å²) < 4.78 is 24.4. The smallest absolute Gasteiger partial charge is 0.137 e. The summed E-state index contributed by atoms with van der Waals surface area (Å²) in [5, 5.41) is 0. The van der Waals surface area contributed by atoms with Crippen molar-refractivity contribution in [3.63, 3.8) is 0 Å². The van der Waals surface area contributed by atoms with Crippen molar-refractivity contribution >= 4 is 15.9 Å². The van der Waals surface area contributed by atoms with Crippen LogP contribution in [0.4, 0.5) is 4.39 Å². The van der Waals surface area contributed by atoms with Gasteiger partial charge in [0.05, 0.1) is 4.47 Å². The molecule has 0 spiro atoms. The first-order chi connectivity index (χ1) is 9.69. The Morgan fingerprint density at radius 1 is 0.950 bits per heavy atom. The van der Waals surface area contributed by atoms with Gasteiger partial charge in [0.25, 0.3) is 0 Å². The highest BCUT2D eigenvalue weighted by molar-refractivity contribution is 9.10. The van der Waals surface area contributed by atoms with Crippen LogP contribution in [0.1, 0.15) is 5.56 Å². The quantitative estimate of drug-likeness (QED) is 0.819. The Hall–Kier alpha value is -1.59.